The SMILES string of the molecule is CNc1nc(C2CCCCC2)nc2c1CCCC2. The summed E-state index contributed by atoms with van der Waals surface area (Å²) in [5.41, 5.74) is 2.70. The zero-order chi connectivity index (χ0) is 12.4. The number of hydrogen-bond donors (Lipinski definition) is 1. The molecule has 18 heavy (non-hydrogen) atoms. The standard InChI is InChI=1S/C15H23N3/c1-16-15-12-9-5-6-10-13(12)17-14(18-15)11-7-3-2-4-8-11/h11H,2-10H2,1H3,(H,16,17,18). The molecule has 1 fully saturated rings. The highest BCUT2D eigenvalue weighted by Gasteiger charge is 2.22. The Balaban J connectivity index is 1.94. The van der Waals surface area contributed by atoms with E-state index >= 15 is 0 Å². The lowest BCUT2D eigenvalue weighted by Crippen LogP contribution is -2.16. The smallest absolute Gasteiger partial charge is 0.134 e. The first-order valence-corrected chi connectivity index (χ1v) is 7.46. The molecule has 1 saturated carbocycles. The van der Waals surface area contributed by atoms with Gasteiger partial charge in [-0.3, -0.25) is 0 Å². The van der Waals surface area contributed by atoms with Crippen LogP contribution in [0.1, 0.15) is 67.9 Å². The van der Waals surface area contributed by atoms with Crippen molar-refractivity contribution in [1.29, 1.82) is 0 Å². The van der Waals surface area contributed by atoms with Crippen LogP contribution in [0.4, 0.5) is 5.82 Å². The van der Waals surface area contributed by atoms with E-state index in [0.29, 0.717) is 5.92 Å². The van der Waals surface area contributed by atoms with E-state index in [9.17, 15) is 0 Å². The molecule has 0 bridgehead atoms. The minimum absolute atomic E-state index is 0.609. The summed E-state index contributed by atoms with van der Waals surface area (Å²) < 4.78 is 0. The molecule has 2 aliphatic carbocycles. The van der Waals surface area contributed by atoms with E-state index < -0.39 is 0 Å². The molecular formula is C15H23N3. The second-order valence-electron chi connectivity index (χ2n) is 5.65. The summed E-state index contributed by atoms with van der Waals surface area (Å²) in [6.07, 6.45) is 11.5. The molecule has 0 unspecified atom stereocenters. The van der Waals surface area contributed by atoms with E-state index in [1.807, 2.05) is 7.05 Å². The van der Waals surface area contributed by atoms with Gasteiger partial charge < -0.3 is 5.32 Å². The Morgan fingerprint density at radius 3 is 2.50 bits per heavy atom. The molecule has 3 nitrogen and oxygen atoms in total. The van der Waals surface area contributed by atoms with Gasteiger partial charge in [-0.1, -0.05) is 19.3 Å². The van der Waals surface area contributed by atoms with Gasteiger partial charge in [0.15, 0.2) is 0 Å². The second-order valence-corrected chi connectivity index (χ2v) is 5.65. The van der Waals surface area contributed by atoms with Gasteiger partial charge in [0.1, 0.15) is 11.6 Å². The second kappa shape index (κ2) is 5.25. The molecule has 0 saturated heterocycles. The number of aryl methyl sites for hydroxylation is 1. The van der Waals surface area contributed by atoms with Crippen molar-refractivity contribution in [3.05, 3.63) is 17.1 Å². The molecule has 0 amide bonds. The molecule has 0 aromatic carbocycles. The van der Waals surface area contributed by atoms with Gasteiger partial charge in [0.2, 0.25) is 0 Å². The van der Waals surface area contributed by atoms with Crippen molar-refractivity contribution >= 4 is 5.82 Å². The van der Waals surface area contributed by atoms with E-state index in [1.54, 1.807) is 0 Å². The third-order valence-electron chi connectivity index (χ3n) is 4.41. The normalized spacial score (nSPS) is 20.5. The third kappa shape index (κ3) is 2.23. The highest BCUT2D eigenvalue weighted by molar-refractivity contribution is 5.47. The first-order valence-electron chi connectivity index (χ1n) is 7.46. The van der Waals surface area contributed by atoms with Gasteiger partial charge in [0.25, 0.3) is 0 Å². The Bertz CT molecular complexity index is 405. The predicted molar refractivity (Wildman–Crippen MR) is 74.0 cm³/mol. The summed E-state index contributed by atoms with van der Waals surface area (Å²) in [7, 11) is 1.99. The van der Waals surface area contributed by atoms with Crippen LogP contribution in [0.3, 0.4) is 0 Å². The van der Waals surface area contributed by atoms with Crippen molar-refractivity contribution in [2.75, 3.05) is 12.4 Å². The maximum atomic E-state index is 4.89. The average molecular weight is 245 g/mol. The van der Waals surface area contributed by atoms with E-state index in [-0.39, 0.29) is 0 Å². The number of fused-ring (bicyclic) bond motifs is 1. The van der Waals surface area contributed by atoms with E-state index in [2.05, 4.69) is 5.32 Å². The number of hydrogen-bond acceptors (Lipinski definition) is 3. The number of nitrogens with zero attached hydrogens (tertiary/aromatic N) is 2. The summed E-state index contributed by atoms with van der Waals surface area (Å²) in [5, 5.41) is 3.28. The van der Waals surface area contributed by atoms with Crippen molar-refractivity contribution in [3.63, 3.8) is 0 Å². The topological polar surface area (TPSA) is 37.8 Å². The fourth-order valence-corrected chi connectivity index (χ4v) is 3.36. The molecule has 1 N–H and O–H groups in total. The van der Waals surface area contributed by atoms with Crippen LogP contribution in [0.5, 0.6) is 0 Å². The fraction of sp³-hybridized carbons (Fsp3) is 0.733. The van der Waals surface area contributed by atoms with E-state index in [0.717, 1.165) is 24.5 Å². The lowest BCUT2D eigenvalue weighted by Gasteiger charge is -2.24. The van der Waals surface area contributed by atoms with Crippen molar-refractivity contribution in [2.24, 2.45) is 0 Å². The number of rotatable bonds is 2. The Kier molecular flexibility index (Phi) is 3.48. The minimum Gasteiger partial charge on any atom is -0.373 e. The first kappa shape index (κ1) is 11.9. The number of anilines is 1. The van der Waals surface area contributed by atoms with Crippen LogP contribution in [0, 0.1) is 0 Å². The van der Waals surface area contributed by atoms with Crippen LogP contribution in [-0.2, 0) is 12.8 Å². The highest BCUT2D eigenvalue weighted by Crippen LogP contribution is 2.33. The highest BCUT2D eigenvalue weighted by atomic mass is 15.0. The average Bonchev–Trinajstić information content (AvgIpc) is 2.47. The van der Waals surface area contributed by atoms with Gasteiger partial charge >= 0.3 is 0 Å². The number of aromatic nitrogens is 2. The predicted octanol–water partition coefficient (Wildman–Crippen LogP) is 3.44. The molecule has 0 spiro atoms. The van der Waals surface area contributed by atoms with Gasteiger partial charge in [0, 0.05) is 24.2 Å². The van der Waals surface area contributed by atoms with E-state index in [1.165, 1.54) is 56.2 Å². The molecule has 2 aliphatic rings. The molecular weight excluding hydrogens is 222 g/mol. The summed E-state index contributed by atoms with van der Waals surface area (Å²) in [6.45, 7) is 0. The van der Waals surface area contributed by atoms with Crippen LogP contribution in [0.2, 0.25) is 0 Å². The van der Waals surface area contributed by atoms with Crippen molar-refractivity contribution < 1.29 is 0 Å². The maximum absolute atomic E-state index is 4.89. The van der Waals surface area contributed by atoms with Gasteiger partial charge in [-0.05, 0) is 38.5 Å². The molecule has 0 aliphatic heterocycles. The summed E-state index contributed by atoms with van der Waals surface area (Å²) in [5.74, 6) is 2.82. The molecule has 0 radical (unpaired) electrons. The summed E-state index contributed by atoms with van der Waals surface area (Å²) >= 11 is 0. The van der Waals surface area contributed by atoms with Crippen molar-refractivity contribution in [3.8, 4) is 0 Å². The fourth-order valence-electron chi connectivity index (χ4n) is 3.36. The summed E-state index contributed by atoms with van der Waals surface area (Å²) in [4.78, 5) is 9.70. The molecule has 1 aromatic heterocycles. The van der Waals surface area contributed by atoms with Crippen molar-refractivity contribution in [2.45, 2.75) is 63.7 Å². The largest absolute Gasteiger partial charge is 0.373 e. The van der Waals surface area contributed by atoms with Crippen LogP contribution < -0.4 is 5.32 Å². The van der Waals surface area contributed by atoms with Crippen LogP contribution >= 0.6 is 0 Å². The molecule has 98 valence electrons. The van der Waals surface area contributed by atoms with Gasteiger partial charge in [-0.25, -0.2) is 9.97 Å². The molecule has 0 atom stereocenters. The lowest BCUT2D eigenvalue weighted by molar-refractivity contribution is 0.426. The molecule has 3 rings (SSSR count). The Morgan fingerprint density at radius 1 is 0.944 bits per heavy atom. The zero-order valence-electron chi connectivity index (χ0n) is 11.3. The molecule has 1 aromatic rings. The van der Waals surface area contributed by atoms with E-state index in [4.69, 9.17) is 9.97 Å². The van der Waals surface area contributed by atoms with Crippen LogP contribution in [-0.4, -0.2) is 17.0 Å². The number of nitrogens with one attached hydrogen (secondary N) is 1. The Morgan fingerprint density at radius 2 is 1.72 bits per heavy atom. The van der Waals surface area contributed by atoms with Gasteiger partial charge in [-0.15, -0.1) is 0 Å². The zero-order valence-corrected chi connectivity index (χ0v) is 11.3. The molecule has 1 heterocycles. The summed E-state index contributed by atoms with van der Waals surface area (Å²) in [6, 6.07) is 0. The van der Waals surface area contributed by atoms with Gasteiger partial charge in [0.05, 0.1) is 0 Å². The quantitative estimate of drug-likeness (QED) is 0.867. The molecule has 3 heteroatoms. The Hall–Kier alpha value is -1.12. The van der Waals surface area contributed by atoms with Crippen molar-refractivity contribution in [1.82, 2.24) is 9.97 Å². The minimum atomic E-state index is 0.609. The first-order chi connectivity index (χ1) is 8.88. The van der Waals surface area contributed by atoms with Gasteiger partial charge in [-0.2, -0.15) is 0 Å². The van der Waals surface area contributed by atoms with Crippen LogP contribution in [0.25, 0.3) is 0 Å². The Labute approximate surface area is 109 Å². The third-order valence-corrected chi connectivity index (χ3v) is 4.41. The monoisotopic (exact) mass is 245 g/mol. The lowest BCUT2D eigenvalue weighted by atomic mass is 9.88. The van der Waals surface area contributed by atoms with Crippen LogP contribution in [0.15, 0.2) is 0 Å². The maximum Gasteiger partial charge on any atom is 0.134 e.